The second-order valence-corrected chi connectivity index (χ2v) is 12.7. The molecule has 0 bridgehead atoms. The first kappa shape index (κ1) is 23.3. The molecule has 0 atom stereocenters. The number of para-hydroxylation sites is 2. The van der Waals surface area contributed by atoms with Crippen molar-refractivity contribution in [2.75, 3.05) is 0 Å². The predicted molar refractivity (Wildman–Crippen MR) is 219 cm³/mol. The van der Waals surface area contributed by atoms with E-state index < -0.39 is 48.3 Å². The first-order chi connectivity index (χ1) is 29.6. The number of aromatic nitrogens is 4. The van der Waals surface area contributed by atoms with E-state index in [-0.39, 0.29) is 27.6 Å². The Morgan fingerprint density at radius 2 is 0.906 bits per heavy atom. The van der Waals surface area contributed by atoms with Crippen LogP contribution in [0.15, 0.2) is 194 Å². The molecule has 0 saturated heterocycles. The van der Waals surface area contributed by atoms with Crippen molar-refractivity contribution in [2.24, 2.45) is 0 Å². The first-order valence-corrected chi connectivity index (χ1v) is 17.2. The van der Waals surface area contributed by atoms with E-state index in [1.54, 1.807) is 0 Å². The molecule has 10 aromatic rings. The van der Waals surface area contributed by atoms with Crippen LogP contribution in [0.4, 0.5) is 0 Å². The fourth-order valence-electron chi connectivity index (χ4n) is 6.93. The van der Waals surface area contributed by atoms with E-state index >= 15 is 0 Å². The molecule has 248 valence electrons. The van der Waals surface area contributed by atoms with Crippen LogP contribution in [0.5, 0.6) is 0 Å². The Morgan fingerprint density at radius 3 is 1.62 bits per heavy atom. The van der Waals surface area contributed by atoms with E-state index in [2.05, 4.69) is 6.07 Å². The molecule has 0 saturated carbocycles. The minimum atomic E-state index is -0.513. The molecule has 0 aliphatic heterocycles. The third-order valence-electron chi connectivity index (χ3n) is 9.49. The fourth-order valence-corrected chi connectivity index (χ4v) is 6.93. The van der Waals surface area contributed by atoms with Gasteiger partial charge in [0.1, 0.15) is 0 Å². The van der Waals surface area contributed by atoms with Crippen LogP contribution in [-0.2, 0) is 0 Å². The van der Waals surface area contributed by atoms with Gasteiger partial charge in [-0.1, -0.05) is 158 Å². The average molecular weight is 685 g/mol. The summed E-state index contributed by atoms with van der Waals surface area (Å²) < 4.78 is 73.1. The summed E-state index contributed by atoms with van der Waals surface area (Å²) in [4.78, 5) is 15.1. The van der Waals surface area contributed by atoms with Gasteiger partial charge in [-0.15, -0.1) is 0 Å². The zero-order valence-corrected chi connectivity index (χ0v) is 28.1. The predicted octanol–water partition coefficient (Wildman–Crippen LogP) is 12.5. The SMILES string of the molecule is [2H]c1c([2H])c([2H])c2c(c1[2H])c1c([2H])c([2H])c([2H])c([2H])c1n2-c1cc(-c2cccc(-c3ccccc3)c2)ccc1-c1nc(-c2ccccc2)nc(-c2ccc3ccccc3c2)n1. The molecular weight excluding hydrogens is 645 g/mol. The molecule has 2 heterocycles. The maximum atomic E-state index is 9.30. The second-order valence-electron chi connectivity index (χ2n) is 12.7. The van der Waals surface area contributed by atoms with E-state index in [0.29, 0.717) is 22.9 Å². The number of rotatable bonds is 6. The maximum Gasteiger partial charge on any atom is 0.166 e. The van der Waals surface area contributed by atoms with Crippen molar-refractivity contribution in [3.8, 4) is 62.1 Å². The van der Waals surface area contributed by atoms with Crippen LogP contribution in [0.25, 0.3) is 94.7 Å². The van der Waals surface area contributed by atoms with Crippen molar-refractivity contribution in [1.29, 1.82) is 0 Å². The van der Waals surface area contributed by atoms with E-state index in [4.69, 9.17) is 23.2 Å². The van der Waals surface area contributed by atoms with E-state index in [0.717, 1.165) is 44.2 Å². The minimum absolute atomic E-state index is 0.00321. The molecule has 4 heteroatoms. The molecule has 8 aromatic carbocycles. The number of benzene rings is 8. The Morgan fingerprint density at radius 1 is 0.377 bits per heavy atom. The quantitative estimate of drug-likeness (QED) is 0.175. The maximum absolute atomic E-state index is 9.30. The molecule has 0 unspecified atom stereocenters. The highest BCUT2D eigenvalue weighted by molar-refractivity contribution is 6.09. The van der Waals surface area contributed by atoms with E-state index in [1.165, 1.54) is 4.57 Å². The normalized spacial score (nSPS) is 13.5. The molecule has 4 nitrogen and oxygen atoms in total. The van der Waals surface area contributed by atoms with Crippen LogP contribution in [0, 0.1) is 0 Å². The molecule has 0 N–H and O–H groups in total. The van der Waals surface area contributed by atoms with Gasteiger partial charge in [0.15, 0.2) is 17.5 Å². The molecule has 0 radical (unpaired) electrons. The van der Waals surface area contributed by atoms with Gasteiger partial charge in [0.2, 0.25) is 0 Å². The van der Waals surface area contributed by atoms with Gasteiger partial charge in [-0.25, -0.2) is 15.0 Å². The molecule has 0 amide bonds. The van der Waals surface area contributed by atoms with Gasteiger partial charge in [-0.3, -0.25) is 0 Å². The summed E-state index contributed by atoms with van der Waals surface area (Å²) in [5, 5.41) is 2.01. The van der Waals surface area contributed by atoms with Gasteiger partial charge in [-0.05, 0) is 69.4 Å². The third-order valence-corrected chi connectivity index (χ3v) is 9.49. The van der Waals surface area contributed by atoms with Gasteiger partial charge < -0.3 is 4.57 Å². The van der Waals surface area contributed by atoms with Crippen LogP contribution < -0.4 is 0 Å². The minimum Gasteiger partial charge on any atom is -0.308 e. The lowest BCUT2D eigenvalue weighted by molar-refractivity contribution is 1.06. The molecule has 0 aliphatic rings. The van der Waals surface area contributed by atoms with Crippen LogP contribution in [-0.4, -0.2) is 19.5 Å². The van der Waals surface area contributed by atoms with E-state index in [9.17, 15) is 2.74 Å². The van der Waals surface area contributed by atoms with Crippen LogP contribution in [0.2, 0.25) is 0 Å². The highest BCUT2D eigenvalue weighted by Crippen LogP contribution is 2.39. The number of hydrogen-bond donors (Lipinski definition) is 0. The highest BCUT2D eigenvalue weighted by atomic mass is 15.1. The number of nitrogens with zero attached hydrogens (tertiary/aromatic N) is 4. The summed E-state index contributed by atoms with van der Waals surface area (Å²) in [6.07, 6.45) is 0. The summed E-state index contributed by atoms with van der Waals surface area (Å²) >= 11 is 0. The molecule has 0 fully saturated rings. The summed E-state index contributed by atoms with van der Waals surface area (Å²) in [6.45, 7) is 0. The summed E-state index contributed by atoms with van der Waals surface area (Å²) in [7, 11) is 0. The van der Waals surface area contributed by atoms with Crippen molar-refractivity contribution in [2.45, 2.75) is 0 Å². The third kappa shape index (κ3) is 5.54. The Kier molecular flexibility index (Phi) is 5.66. The topological polar surface area (TPSA) is 43.6 Å². The lowest BCUT2D eigenvalue weighted by atomic mass is 9.97. The van der Waals surface area contributed by atoms with Crippen LogP contribution in [0.1, 0.15) is 11.0 Å². The average Bonchev–Trinajstić information content (AvgIpc) is 3.68. The fraction of sp³-hybridized carbons (Fsp3) is 0. The lowest BCUT2D eigenvalue weighted by Gasteiger charge is -2.17. The number of fused-ring (bicyclic) bond motifs is 4. The molecule has 0 aliphatic carbocycles. The monoisotopic (exact) mass is 684 g/mol. The Bertz CT molecular complexity index is 3330. The van der Waals surface area contributed by atoms with Crippen molar-refractivity contribution in [1.82, 2.24) is 19.5 Å². The van der Waals surface area contributed by atoms with Gasteiger partial charge in [0.25, 0.3) is 0 Å². The van der Waals surface area contributed by atoms with Crippen LogP contribution in [0.3, 0.4) is 0 Å². The lowest BCUT2D eigenvalue weighted by Crippen LogP contribution is -2.04. The van der Waals surface area contributed by atoms with Gasteiger partial charge in [-0.2, -0.15) is 0 Å². The first-order valence-electron chi connectivity index (χ1n) is 21.2. The number of hydrogen-bond acceptors (Lipinski definition) is 3. The highest BCUT2D eigenvalue weighted by Gasteiger charge is 2.20. The zero-order chi connectivity index (χ0) is 42.1. The van der Waals surface area contributed by atoms with Crippen LogP contribution >= 0.6 is 0 Å². The van der Waals surface area contributed by atoms with Crippen molar-refractivity contribution < 1.29 is 11.0 Å². The largest absolute Gasteiger partial charge is 0.308 e. The molecular formula is C49H32N4. The zero-order valence-electron chi connectivity index (χ0n) is 36.1. The summed E-state index contributed by atoms with van der Waals surface area (Å²) in [5.41, 5.74) is 5.84. The van der Waals surface area contributed by atoms with Crippen molar-refractivity contribution in [3.05, 3.63) is 194 Å². The second kappa shape index (κ2) is 12.9. The van der Waals surface area contributed by atoms with Gasteiger partial charge >= 0.3 is 0 Å². The molecule has 0 spiro atoms. The van der Waals surface area contributed by atoms with Gasteiger partial charge in [0, 0.05) is 27.5 Å². The smallest absolute Gasteiger partial charge is 0.166 e. The standard InChI is InChI=1S/C49H32N4/c1-3-14-33(15-4-1)37-20-13-21-38(30-37)39-28-29-43(46(32-39)53-44-24-11-9-22-41(44)42-23-10-12-25-45(42)53)49-51-47(35-17-5-2-6-18-35)50-48(52-49)40-27-26-34-16-7-8-19-36(34)31-40/h1-32H/i9D,10D,11D,12D,22D,23D,24D,25D. The Balaban J connectivity index is 1.33. The van der Waals surface area contributed by atoms with Gasteiger partial charge in [0.05, 0.1) is 27.7 Å². The summed E-state index contributed by atoms with van der Waals surface area (Å²) in [6, 6.07) is 43.5. The Hall–Kier alpha value is -7.17. The van der Waals surface area contributed by atoms with Crippen molar-refractivity contribution >= 4 is 32.6 Å². The molecule has 2 aromatic heterocycles. The van der Waals surface area contributed by atoms with E-state index in [1.807, 2.05) is 140 Å². The van der Waals surface area contributed by atoms with Crippen molar-refractivity contribution in [3.63, 3.8) is 0 Å². The molecule has 10 rings (SSSR count). The Labute approximate surface area is 318 Å². The summed E-state index contributed by atoms with van der Waals surface area (Å²) in [5.74, 6) is 1.03. The molecule has 53 heavy (non-hydrogen) atoms.